The summed E-state index contributed by atoms with van der Waals surface area (Å²) in [5, 5.41) is 34.3. The van der Waals surface area contributed by atoms with Gasteiger partial charge in [0.05, 0.1) is 12.7 Å². The molecule has 0 aliphatic heterocycles. The van der Waals surface area contributed by atoms with Gasteiger partial charge in [0, 0.05) is 6.61 Å². The second-order valence-electron chi connectivity index (χ2n) is 4.90. The molecule has 0 radical (unpaired) electrons. The zero-order chi connectivity index (χ0) is 15.8. The lowest BCUT2D eigenvalue weighted by atomic mass is 10.1. The van der Waals surface area contributed by atoms with Gasteiger partial charge in [-0.25, -0.2) is 0 Å². The molecule has 2 atom stereocenters. The van der Waals surface area contributed by atoms with Crippen molar-refractivity contribution >= 4 is 0 Å². The van der Waals surface area contributed by atoms with Crippen LogP contribution in [-0.4, -0.2) is 52.1 Å². The van der Waals surface area contributed by atoms with E-state index in [9.17, 15) is 5.11 Å². The molecule has 0 saturated carbocycles. The number of hydrogen-bond acceptors (Lipinski definition) is 5. The number of hydrogen-bond donors (Lipinski definition) is 4. The number of ether oxygens (including phenoxy) is 1. The molecular formula is C15H34O5. The van der Waals surface area contributed by atoms with Gasteiger partial charge in [-0.3, -0.25) is 0 Å². The van der Waals surface area contributed by atoms with Crippen molar-refractivity contribution in [2.45, 2.75) is 84.2 Å². The second kappa shape index (κ2) is 16.9. The molecular weight excluding hydrogens is 260 g/mol. The standard InChI is InChI=1S/C11H24O3.C4H10O2/c1-3-5-6-7-8-14-11(4-2)10(13)9-12;1-2-3-4(5)6/h10-13H,3-9H2,1-2H3;4-6H,2-3H2,1H3. The summed E-state index contributed by atoms with van der Waals surface area (Å²) in [6.07, 6.45) is 4.71. The molecule has 2 unspecified atom stereocenters. The van der Waals surface area contributed by atoms with Gasteiger partial charge in [-0.2, -0.15) is 0 Å². The lowest BCUT2D eigenvalue weighted by Gasteiger charge is -2.20. The molecule has 0 fully saturated rings. The van der Waals surface area contributed by atoms with Gasteiger partial charge < -0.3 is 25.2 Å². The quantitative estimate of drug-likeness (QED) is 0.345. The second-order valence-corrected chi connectivity index (χ2v) is 4.90. The summed E-state index contributed by atoms with van der Waals surface area (Å²) in [6.45, 7) is 6.50. The topological polar surface area (TPSA) is 90.2 Å². The van der Waals surface area contributed by atoms with Gasteiger partial charge in [0.2, 0.25) is 0 Å². The molecule has 0 aromatic heterocycles. The van der Waals surface area contributed by atoms with E-state index in [0.717, 1.165) is 19.3 Å². The summed E-state index contributed by atoms with van der Waals surface area (Å²) in [7, 11) is 0. The van der Waals surface area contributed by atoms with Crippen LogP contribution >= 0.6 is 0 Å². The minimum Gasteiger partial charge on any atom is -0.394 e. The highest BCUT2D eigenvalue weighted by Crippen LogP contribution is 2.06. The fourth-order valence-electron chi connectivity index (χ4n) is 1.64. The third-order valence-corrected chi connectivity index (χ3v) is 2.90. The molecule has 124 valence electrons. The number of aliphatic hydroxyl groups excluding tert-OH is 3. The minimum absolute atomic E-state index is 0.207. The van der Waals surface area contributed by atoms with Gasteiger partial charge in [-0.15, -0.1) is 0 Å². The molecule has 5 nitrogen and oxygen atoms in total. The Hall–Kier alpha value is -0.200. The summed E-state index contributed by atoms with van der Waals surface area (Å²) < 4.78 is 5.48. The third kappa shape index (κ3) is 15.9. The van der Waals surface area contributed by atoms with Gasteiger partial charge >= 0.3 is 0 Å². The summed E-state index contributed by atoms with van der Waals surface area (Å²) in [6, 6.07) is 0. The van der Waals surface area contributed by atoms with Crippen molar-refractivity contribution < 1.29 is 25.2 Å². The van der Waals surface area contributed by atoms with Gasteiger partial charge in [0.25, 0.3) is 0 Å². The van der Waals surface area contributed by atoms with E-state index < -0.39 is 12.4 Å². The van der Waals surface area contributed by atoms with E-state index in [0.29, 0.717) is 13.0 Å². The van der Waals surface area contributed by atoms with Crippen LogP contribution in [-0.2, 0) is 4.74 Å². The lowest BCUT2D eigenvalue weighted by molar-refractivity contribution is -0.0598. The van der Waals surface area contributed by atoms with Gasteiger partial charge in [-0.1, -0.05) is 46.5 Å². The van der Waals surface area contributed by atoms with E-state index in [1.165, 1.54) is 19.3 Å². The van der Waals surface area contributed by atoms with Crippen LogP contribution in [0, 0.1) is 0 Å². The van der Waals surface area contributed by atoms with Crippen molar-refractivity contribution in [2.75, 3.05) is 13.2 Å². The Morgan fingerprint density at radius 3 is 1.90 bits per heavy atom. The van der Waals surface area contributed by atoms with Crippen LogP contribution < -0.4 is 0 Å². The normalized spacial score (nSPS) is 13.8. The highest BCUT2D eigenvalue weighted by atomic mass is 16.5. The van der Waals surface area contributed by atoms with Crippen molar-refractivity contribution in [3.63, 3.8) is 0 Å². The molecule has 4 N–H and O–H groups in total. The predicted octanol–water partition coefficient (Wildman–Crippen LogP) is 1.81. The number of rotatable bonds is 11. The van der Waals surface area contributed by atoms with E-state index in [4.69, 9.17) is 20.1 Å². The molecule has 0 aromatic rings. The van der Waals surface area contributed by atoms with E-state index in [1.54, 1.807) is 0 Å². The molecule has 0 aliphatic rings. The van der Waals surface area contributed by atoms with Crippen molar-refractivity contribution in [2.24, 2.45) is 0 Å². The Morgan fingerprint density at radius 2 is 1.55 bits per heavy atom. The van der Waals surface area contributed by atoms with Crippen molar-refractivity contribution in [3.05, 3.63) is 0 Å². The van der Waals surface area contributed by atoms with Crippen molar-refractivity contribution in [3.8, 4) is 0 Å². The van der Waals surface area contributed by atoms with E-state index in [1.807, 2.05) is 13.8 Å². The SMILES string of the molecule is CCCC(O)O.CCCCCCOC(CC)C(O)CO. The molecule has 0 heterocycles. The largest absolute Gasteiger partial charge is 0.394 e. The summed E-state index contributed by atoms with van der Waals surface area (Å²) >= 11 is 0. The van der Waals surface area contributed by atoms with Gasteiger partial charge in [0.1, 0.15) is 6.10 Å². The highest BCUT2D eigenvalue weighted by molar-refractivity contribution is 4.65. The fraction of sp³-hybridized carbons (Fsp3) is 1.00. The third-order valence-electron chi connectivity index (χ3n) is 2.90. The highest BCUT2D eigenvalue weighted by Gasteiger charge is 2.16. The molecule has 0 rings (SSSR count). The Labute approximate surface area is 123 Å². The van der Waals surface area contributed by atoms with Crippen LogP contribution in [0.1, 0.15) is 65.7 Å². The summed E-state index contributed by atoms with van der Waals surface area (Å²) in [5.41, 5.74) is 0. The molecule has 20 heavy (non-hydrogen) atoms. The minimum atomic E-state index is -1.10. The summed E-state index contributed by atoms with van der Waals surface area (Å²) in [4.78, 5) is 0. The first-order chi connectivity index (χ1) is 9.53. The Kier molecular flexibility index (Phi) is 18.6. The fourth-order valence-corrected chi connectivity index (χ4v) is 1.64. The Morgan fingerprint density at radius 1 is 0.900 bits per heavy atom. The van der Waals surface area contributed by atoms with Crippen LogP contribution in [0.5, 0.6) is 0 Å². The molecule has 5 heteroatoms. The lowest BCUT2D eigenvalue weighted by Crippen LogP contribution is -2.31. The van der Waals surface area contributed by atoms with Crippen molar-refractivity contribution in [1.82, 2.24) is 0 Å². The Balaban J connectivity index is 0. The number of aliphatic hydroxyl groups is 4. The first-order valence-corrected chi connectivity index (χ1v) is 7.79. The first-order valence-electron chi connectivity index (χ1n) is 7.79. The monoisotopic (exact) mass is 294 g/mol. The maximum absolute atomic E-state index is 9.35. The van der Waals surface area contributed by atoms with Crippen molar-refractivity contribution in [1.29, 1.82) is 0 Å². The van der Waals surface area contributed by atoms with Crippen LogP contribution in [0.15, 0.2) is 0 Å². The first kappa shape index (κ1) is 22.1. The zero-order valence-electron chi connectivity index (χ0n) is 13.3. The van der Waals surface area contributed by atoms with E-state index in [-0.39, 0.29) is 12.7 Å². The maximum Gasteiger partial charge on any atom is 0.151 e. The van der Waals surface area contributed by atoms with Crippen LogP contribution in [0.3, 0.4) is 0 Å². The van der Waals surface area contributed by atoms with E-state index in [2.05, 4.69) is 6.92 Å². The van der Waals surface area contributed by atoms with Crippen LogP contribution in [0.2, 0.25) is 0 Å². The molecule has 0 bridgehead atoms. The predicted molar refractivity (Wildman–Crippen MR) is 80.4 cm³/mol. The average molecular weight is 294 g/mol. The van der Waals surface area contributed by atoms with Gasteiger partial charge in [-0.05, 0) is 19.3 Å². The average Bonchev–Trinajstić information content (AvgIpc) is 2.42. The van der Waals surface area contributed by atoms with Gasteiger partial charge in [0.15, 0.2) is 6.29 Å². The molecule has 0 amide bonds. The maximum atomic E-state index is 9.35. The molecule has 0 aromatic carbocycles. The molecule has 0 spiro atoms. The number of unbranched alkanes of at least 4 members (excludes halogenated alkanes) is 3. The Bertz CT molecular complexity index is 176. The van der Waals surface area contributed by atoms with Crippen LogP contribution in [0.25, 0.3) is 0 Å². The van der Waals surface area contributed by atoms with Crippen LogP contribution in [0.4, 0.5) is 0 Å². The smallest absolute Gasteiger partial charge is 0.151 e. The van der Waals surface area contributed by atoms with E-state index >= 15 is 0 Å². The molecule has 0 saturated heterocycles. The molecule has 0 aliphatic carbocycles. The summed E-state index contributed by atoms with van der Waals surface area (Å²) in [5.74, 6) is 0. The zero-order valence-corrected chi connectivity index (χ0v) is 13.3.